The summed E-state index contributed by atoms with van der Waals surface area (Å²) in [6, 6.07) is 13.9. The lowest BCUT2D eigenvalue weighted by Crippen LogP contribution is -1.78. The lowest BCUT2D eigenvalue weighted by molar-refractivity contribution is 0.978. The van der Waals surface area contributed by atoms with E-state index in [2.05, 4.69) is 70.5 Å². The van der Waals surface area contributed by atoms with Gasteiger partial charge in [0.2, 0.25) is 0 Å². The number of nitrogens with one attached hydrogen (secondary N) is 2. The average Bonchev–Trinajstić information content (AvgIpc) is 3.24. The minimum atomic E-state index is 0.442. The van der Waals surface area contributed by atoms with Gasteiger partial charge in [-0.3, -0.25) is 10.2 Å². The van der Waals surface area contributed by atoms with Crippen LogP contribution in [0.5, 0.6) is 0 Å². The van der Waals surface area contributed by atoms with Gasteiger partial charge in [0, 0.05) is 31.3 Å². The van der Waals surface area contributed by atoms with Crippen LogP contribution in [0.1, 0.15) is 30.1 Å². The van der Waals surface area contributed by atoms with Crippen molar-refractivity contribution >= 4 is 53.7 Å². The Kier molecular flexibility index (Phi) is 4.32. The van der Waals surface area contributed by atoms with E-state index in [0.717, 1.165) is 31.3 Å². The van der Waals surface area contributed by atoms with Gasteiger partial charge in [0.1, 0.15) is 6.07 Å². The van der Waals surface area contributed by atoms with E-state index in [-0.39, 0.29) is 0 Å². The molecule has 0 bridgehead atoms. The number of rotatable bonds is 1. The van der Waals surface area contributed by atoms with Gasteiger partial charge in [-0.25, -0.2) is 0 Å². The van der Waals surface area contributed by atoms with Crippen LogP contribution in [0.4, 0.5) is 0 Å². The number of hydrogen-bond donors (Lipinski definition) is 2. The molecule has 1 saturated carbocycles. The van der Waals surface area contributed by atoms with Crippen LogP contribution in [-0.2, 0) is 0 Å². The lowest BCUT2D eigenvalue weighted by Gasteiger charge is -1.93. The zero-order valence-electron chi connectivity index (χ0n) is 13.1. The summed E-state index contributed by atoms with van der Waals surface area (Å²) in [6.45, 7) is 0. The Labute approximate surface area is 160 Å². The molecular formula is C18H13Br2N5. The summed E-state index contributed by atoms with van der Waals surface area (Å²) >= 11 is 6.77. The van der Waals surface area contributed by atoms with Gasteiger partial charge in [-0.1, -0.05) is 31.9 Å². The van der Waals surface area contributed by atoms with Crippen LogP contribution in [0.3, 0.4) is 0 Å². The number of benzene rings is 2. The second kappa shape index (κ2) is 6.62. The van der Waals surface area contributed by atoms with E-state index in [0.29, 0.717) is 5.69 Å². The highest BCUT2D eigenvalue weighted by Crippen LogP contribution is 2.42. The fraction of sp³-hybridized carbons (Fsp3) is 0.167. The summed E-state index contributed by atoms with van der Waals surface area (Å²) in [5, 5.41) is 24.8. The van der Waals surface area contributed by atoms with Crippen LogP contribution in [0.25, 0.3) is 21.8 Å². The predicted octanol–water partition coefficient (Wildman–Crippen LogP) is 5.40. The fourth-order valence-corrected chi connectivity index (χ4v) is 3.48. The predicted molar refractivity (Wildman–Crippen MR) is 104 cm³/mol. The summed E-state index contributed by atoms with van der Waals surface area (Å²) in [4.78, 5) is 0. The molecule has 5 nitrogen and oxygen atoms in total. The highest BCUT2D eigenvalue weighted by atomic mass is 79.9. The molecule has 2 aromatic carbocycles. The van der Waals surface area contributed by atoms with Crippen LogP contribution in [0.15, 0.2) is 45.3 Å². The smallest absolute Gasteiger partial charge is 0.170 e. The fourth-order valence-electron chi connectivity index (χ4n) is 2.77. The topological polar surface area (TPSA) is 81.2 Å². The molecule has 25 heavy (non-hydrogen) atoms. The van der Waals surface area contributed by atoms with Gasteiger partial charge in [-0.15, -0.1) is 0 Å². The molecule has 7 heteroatoms. The molecule has 0 atom stereocenters. The Morgan fingerprint density at radius 3 is 2.40 bits per heavy atom. The molecule has 124 valence electrons. The third kappa shape index (κ3) is 3.32. The molecule has 0 amide bonds. The van der Waals surface area contributed by atoms with Gasteiger partial charge in [-0.05, 0) is 49.2 Å². The van der Waals surface area contributed by atoms with Gasteiger partial charge in [-0.2, -0.15) is 15.5 Å². The Bertz CT molecular complexity index is 1100. The molecule has 0 saturated heterocycles. The number of hydrogen-bond acceptors (Lipinski definition) is 3. The van der Waals surface area contributed by atoms with Crippen molar-refractivity contribution in [2.75, 3.05) is 0 Å². The first-order valence-corrected chi connectivity index (χ1v) is 9.41. The van der Waals surface area contributed by atoms with Crippen LogP contribution in [0, 0.1) is 11.3 Å². The lowest BCUT2D eigenvalue weighted by atomic mass is 10.1. The van der Waals surface area contributed by atoms with Crippen molar-refractivity contribution in [1.82, 2.24) is 20.4 Å². The van der Waals surface area contributed by atoms with E-state index in [9.17, 15) is 0 Å². The second-order valence-electron chi connectivity index (χ2n) is 5.95. The molecule has 1 fully saturated rings. The first-order chi connectivity index (χ1) is 12.2. The molecule has 4 aromatic rings. The molecule has 0 radical (unpaired) electrons. The number of nitriles is 1. The number of aromatic nitrogens is 4. The minimum Gasteiger partial charge on any atom is -0.281 e. The third-order valence-corrected chi connectivity index (χ3v) is 5.15. The molecule has 0 aliphatic heterocycles. The molecule has 1 aliphatic carbocycles. The Hall–Kier alpha value is -2.17. The molecule has 2 N–H and O–H groups in total. The maximum Gasteiger partial charge on any atom is 0.170 e. The van der Waals surface area contributed by atoms with Gasteiger partial charge >= 0.3 is 0 Å². The summed E-state index contributed by atoms with van der Waals surface area (Å²) in [5.74, 6) is 0.742. The third-order valence-electron chi connectivity index (χ3n) is 4.16. The van der Waals surface area contributed by atoms with E-state index in [4.69, 9.17) is 5.26 Å². The number of halogens is 2. The van der Waals surface area contributed by atoms with E-state index >= 15 is 0 Å². The molecular weight excluding hydrogens is 446 g/mol. The first kappa shape index (κ1) is 16.3. The maximum atomic E-state index is 8.65. The summed E-state index contributed by atoms with van der Waals surface area (Å²) in [5.41, 5.74) is 3.71. The second-order valence-corrected chi connectivity index (χ2v) is 7.78. The zero-order chi connectivity index (χ0) is 17.4. The number of nitrogens with zero attached hydrogens (tertiary/aromatic N) is 3. The molecule has 2 heterocycles. The van der Waals surface area contributed by atoms with Gasteiger partial charge < -0.3 is 0 Å². The van der Waals surface area contributed by atoms with E-state index < -0.39 is 0 Å². The molecule has 5 rings (SSSR count). The quantitative estimate of drug-likeness (QED) is 0.400. The van der Waals surface area contributed by atoms with Gasteiger partial charge in [0.05, 0.1) is 11.0 Å². The van der Waals surface area contributed by atoms with Gasteiger partial charge in [0.15, 0.2) is 5.69 Å². The molecule has 1 aliphatic rings. The average molecular weight is 459 g/mol. The van der Waals surface area contributed by atoms with Crippen LogP contribution in [-0.4, -0.2) is 20.4 Å². The zero-order valence-corrected chi connectivity index (χ0v) is 16.2. The van der Waals surface area contributed by atoms with Crippen molar-refractivity contribution in [3.8, 4) is 6.07 Å². The molecule has 0 unspecified atom stereocenters. The standard InChI is InChI=1S/C10H9BrN2.C8H4BrN3/c11-7-3-4-8-9(5-7)12-13-10(8)6-1-2-6;9-5-1-2-6-7(3-5)11-12-8(6)4-10/h3-6H,1-2H2,(H,12,13);1-3H,(H,11,12). The Balaban J connectivity index is 0.000000126. The Morgan fingerprint density at radius 2 is 1.68 bits per heavy atom. The number of aromatic amines is 2. The van der Waals surface area contributed by atoms with Crippen molar-refractivity contribution in [3.63, 3.8) is 0 Å². The van der Waals surface area contributed by atoms with Crippen molar-refractivity contribution in [2.45, 2.75) is 18.8 Å². The summed E-state index contributed by atoms with van der Waals surface area (Å²) in [7, 11) is 0. The van der Waals surface area contributed by atoms with Crippen LogP contribution in [0.2, 0.25) is 0 Å². The maximum absolute atomic E-state index is 8.65. The first-order valence-electron chi connectivity index (χ1n) is 7.83. The van der Waals surface area contributed by atoms with Crippen LogP contribution >= 0.6 is 31.9 Å². The summed E-state index contributed by atoms with van der Waals surface area (Å²) < 4.78 is 2.07. The largest absolute Gasteiger partial charge is 0.281 e. The highest BCUT2D eigenvalue weighted by molar-refractivity contribution is 9.10. The normalized spacial score (nSPS) is 13.5. The molecule has 2 aromatic heterocycles. The monoisotopic (exact) mass is 457 g/mol. The van der Waals surface area contributed by atoms with E-state index in [1.54, 1.807) is 0 Å². The minimum absolute atomic E-state index is 0.442. The summed E-state index contributed by atoms with van der Waals surface area (Å²) in [6.07, 6.45) is 2.63. The Morgan fingerprint density at radius 1 is 0.960 bits per heavy atom. The van der Waals surface area contributed by atoms with Gasteiger partial charge in [0.25, 0.3) is 0 Å². The van der Waals surface area contributed by atoms with Crippen LogP contribution < -0.4 is 0 Å². The van der Waals surface area contributed by atoms with Crippen molar-refractivity contribution in [1.29, 1.82) is 5.26 Å². The van der Waals surface area contributed by atoms with E-state index in [1.807, 2.05) is 24.3 Å². The van der Waals surface area contributed by atoms with Crippen molar-refractivity contribution in [3.05, 3.63) is 56.7 Å². The van der Waals surface area contributed by atoms with E-state index in [1.165, 1.54) is 23.9 Å². The van der Waals surface area contributed by atoms with Crippen molar-refractivity contribution in [2.24, 2.45) is 0 Å². The number of fused-ring (bicyclic) bond motifs is 2. The molecule has 0 spiro atoms. The highest BCUT2D eigenvalue weighted by Gasteiger charge is 2.27. The number of H-pyrrole nitrogens is 2. The SMILES string of the molecule is Brc1ccc2c(C3CC3)[nH]nc2c1.N#Cc1n[nH]c2cc(Br)ccc12. The van der Waals surface area contributed by atoms with Crippen molar-refractivity contribution < 1.29 is 0 Å².